The van der Waals surface area contributed by atoms with Crippen molar-refractivity contribution in [1.29, 1.82) is 0 Å². The molecule has 0 spiro atoms. The zero-order valence-corrected chi connectivity index (χ0v) is 17.1. The van der Waals surface area contributed by atoms with Crippen LogP contribution in [0.2, 0.25) is 15.1 Å². The fourth-order valence-corrected chi connectivity index (χ4v) is 4.56. The fraction of sp³-hybridized carbons (Fsp3) is 0.111. The second-order valence-electron chi connectivity index (χ2n) is 5.14. The van der Waals surface area contributed by atoms with E-state index >= 15 is 0 Å². The van der Waals surface area contributed by atoms with Gasteiger partial charge in [0, 0.05) is 15.7 Å². The Labute approximate surface area is 170 Å². The standard InChI is InChI=1S/C18H13Cl3N2S2/c1-11-22-13(10-24-14-7-5-12(19)6-8-14)9-17(23-11)25-18-15(20)3-2-4-16(18)21/h2-9H,10H2,1H3. The molecule has 3 rings (SSSR count). The van der Waals surface area contributed by atoms with Crippen molar-refractivity contribution in [3.05, 3.63) is 75.1 Å². The first kappa shape index (κ1) is 18.9. The van der Waals surface area contributed by atoms with E-state index in [0.29, 0.717) is 10.0 Å². The topological polar surface area (TPSA) is 25.8 Å². The Bertz CT molecular complexity index is 866. The first-order chi connectivity index (χ1) is 12.0. The molecule has 128 valence electrons. The predicted octanol–water partition coefficient (Wildman–Crippen LogP) is 7.19. The molecule has 0 radical (unpaired) electrons. The molecule has 25 heavy (non-hydrogen) atoms. The summed E-state index contributed by atoms with van der Waals surface area (Å²) in [4.78, 5) is 10.9. The molecule has 2 aromatic carbocycles. The highest BCUT2D eigenvalue weighted by molar-refractivity contribution is 7.99. The Kier molecular flexibility index (Phi) is 6.53. The average Bonchev–Trinajstić information content (AvgIpc) is 2.57. The molecule has 0 saturated heterocycles. The van der Waals surface area contributed by atoms with Crippen LogP contribution in [0.15, 0.2) is 63.3 Å². The van der Waals surface area contributed by atoms with Gasteiger partial charge in [0.05, 0.1) is 20.6 Å². The molecule has 0 aliphatic carbocycles. The minimum atomic E-state index is 0.617. The maximum atomic E-state index is 6.25. The van der Waals surface area contributed by atoms with E-state index in [4.69, 9.17) is 34.8 Å². The number of nitrogens with zero attached hydrogens (tertiary/aromatic N) is 2. The molecular formula is C18H13Cl3N2S2. The molecule has 0 aliphatic heterocycles. The third-order valence-corrected chi connectivity index (χ3v) is 6.41. The lowest BCUT2D eigenvalue weighted by Gasteiger charge is -2.08. The highest BCUT2D eigenvalue weighted by Crippen LogP contribution is 2.38. The van der Waals surface area contributed by atoms with Crippen molar-refractivity contribution in [2.45, 2.75) is 27.5 Å². The van der Waals surface area contributed by atoms with Crippen molar-refractivity contribution in [3.63, 3.8) is 0 Å². The summed E-state index contributed by atoms with van der Waals surface area (Å²) in [5.74, 6) is 1.47. The lowest BCUT2D eigenvalue weighted by molar-refractivity contribution is 0.930. The van der Waals surface area contributed by atoms with E-state index in [-0.39, 0.29) is 0 Å². The molecule has 1 heterocycles. The van der Waals surface area contributed by atoms with Gasteiger partial charge in [0.2, 0.25) is 0 Å². The molecular weight excluding hydrogens is 415 g/mol. The second-order valence-corrected chi connectivity index (χ2v) is 8.47. The van der Waals surface area contributed by atoms with Gasteiger partial charge in [-0.1, -0.05) is 52.6 Å². The summed E-state index contributed by atoms with van der Waals surface area (Å²) in [5.41, 5.74) is 0.957. The molecule has 0 N–H and O–H groups in total. The monoisotopic (exact) mass is 426 g/mol. The van der Waals surface area contributed by atoms with E-state index in [9.17, 15) is 0 Å². The van der Waals surface area contributed by atoms with Gasteiger partial charge in [-0.15, -0.1) is 11.8 Å². The number of hydrogen-bond acceptors (Lipinski definition) is 4. The van der Waals surface area contributed by atoms with E-state index < -0.39 is 0 Å². The van der Waals surface area contributed by atoms with Crippen LogP contribution in [0.1, 0.15) is 11.5 Å². The van der Waals surface area contributed by atoms with Gasteiger partial charge < -0.3 is 0 Å². The lowest BCUT2D eigenvalue weighted by atomic mass is 10.4. The van der Waals surface area contributed by atoms with Crippen LogP contribution in [0, 0.1) is 6.92 Å². The minimum absolute atomic E-state index is 0.617. The summed E-state index contributed by atoms with van der Waals surface area (Å²) in [7, 11) is 0. The predicted molar refractivity (Wildman–Crippen MR) is 108 cm³/mol. The van der Waals surface area contributed by atoms with Crippen LogP contribution >= 0.6 is 58.3 Å². The smallest absolute Gasteiger partial charge is 0.126 e. The Morgan fingerprint density at radius 2 is 1.60 bits per heavy atom. The van der Waals surface area contributed by atoms with E-state index in [2.05, 4.69) is 9.97 Å². The minimum Gasteiger partial charge on any atom is -0.237 e. The zero-order chi connectivity index (χ0) is 17.8. The first-order valence-corrected chi connectivity index (χ1v) is 10.3. The first-order valence-electron chi connectivity index (χ1n) is 7.36. The van der Waals surface area contributed by atoms with Gasteiger partial charge in [-0.05, 0) is 49.4 Å². The Balaban J connectivity index is 1.77. The van der Waals surface area contributed by atoms with Gasteiger partial charge in [0.15, 0.2) is 0 Å². The third kappa shape index (κ3) is 5.28. The van der Waals surface area contributed by atoms with Crippen molar-refractivity contribution in [2.75, 3.05) is 0 Å². The summed E-state index contributed by atoms with van der Waals surface area (Å²) < 4.78 is 0. The van der Waals surface area contributed by atoms with E-state index in [1.165, 1.54) is 11.8 Å². The molecule has 0 aliphatic rings. The number of hydrogen-bond donors (Lipinski definition) is 0. The lowest BCUT2D eigenvalue weighted by Crippen LogP contribution is -1.96. The van der Waals surface area contributed by atoms with Crippen LogP contribution in [0.3, 0.4) is 0 Å². The number of thioether (sulfide) groups is 1. The molecule has 0 saturated carbocycles. The third-order valence-electron chi connectivity index (χ3n) is 3.19. The van der Waals surface area contributed by atoms with Crippen molar-refractivity contribution in [3.8, 4) is 0 Å². The number of benzene rings is 2. The molecule has 0 amide bonds. The number of aryl methyl sites for hydroxylation is 1. The summed E-state index contributed by atoms with van der Waals surface area (Å²) in [6, 6.07) is 15.2. The van der Waals surface area contributed by atoms with Crippen LogP contribution in [0.4, 0.5) is 0 Å². The van der Waals surface area contributed by atoms with Crippen molar-refractivity contribution < 1.29 is 0 Å². The summed E-state index contributed by atoms with van der Waals surface area (Å²) >= 11 is 21.6. The Hall–Kier alpha value is -0.910. The van der Waals surface area contributed by atoms with Crippen LogP contribution in [-0.2, 0) is 5.75 Å². The van der Waals surface area contributed by atoms with Gasteiger partial charge in [0.25, 0.3) is 0 Å². The molecule has 1 aromatic heterocycles. The number of aromatic nitrogens is 2. The molecule has 0 bridgehead atoms. The molecule has 0 atom stereocenters. The van der Waals surface area contributed by atoms with Crippen LogP contribution in [0.5, 0.6) is 0 Å². The maximum Gasteiger partial charge on any atom is 0.126 e. The zero-order valence-electron chi connectivity index (χ0n) is 13.2. The normalized spacial score (nSPS) is 10.9. The van der Waals surface area contributed by atoms with Gasteiger partial charge in [0.1, 0.15) is 10.9 Å². The van der Waals surface area contributed by atoms with Gasteiger partial charge in [-0.2, -0.15) is 0 Å². The Morgan fingerprint density at radius 1 is 0.920 bits per heavy atom. The largest absolute Gasteiger partial charge is 0.237 e. The number of halogens is 3. The van der Waals surface area contributed by atoms with E-state index in [1.807, 2.05) is 55.5 Å². The molecule has 3 aromatic rings. The fourth-order valence-electron chi connectivity index (χ4n) is 2.10. The highest BCUT2D eigenvalue weighted by Gasteiger charge is 2.10. The molecule has 7 heteroatoms. The van der Waals surface area contributed by atoms with Crippen LogP contribution in [0.25, 0.3) is 0 Å². The quantitative estimate of drug-likeness (QED) is 0.318. The summed E-state index contributed by atoms with van der Waals surface area (Å²) in [5, 5.41) is 2.79. The SMILES string of the molecule is Cc1nc(CSc2ccc(Cl)cc2)cc(Sc2c(Cl)cccc2Cl)n1. The van der Waals surface area contributed by atoms with Crippen molar-refractivity contribution in [2.24, 2.45) is 0 Å². The van der Waals surface area contributed by atoms with Crippen molar-refractivity contribution >= 4 is 58.3 Å². The van der Waals surface area contributed by atoms with Crippen molar-refractivity contribution in [1.82, 2.24) is 9.97 Å². The molecule has 0 unspecified atom stereocenters. The van der Waals surface area contributed by atoms with Gasteiger partial charge >= 0.3 is 0 Å². The van der Waals surface area contributed by atoms with Crippen LogP contribution < -0.4 is 0 Å². The van der Waals surface area contributed by atoms with E-state index in [1.54, 1.807) is 11.8 Å². The van der Waals surface area contributed by atoms with E-state index in [0.717, 1.165) is 37.1 Å². The molecule has 2 nitrogen and oxygen atoms in total. The molecule has 0 fully saturated rings. The van der Waals surface area contributed by atoms with Gasteiger partial charge in [-0.25, -0.2) is 9.97 Å². The summed E-state index contributed by atoms with van der Waals surface area (Å²) in [6.45, 7) is 1.88. The number of rotatable bonds is 5. The maximum absolute atomic E-state index is 6.25. The average molecular weight is 428 g/mol. The Morgan fingerprint density at radius 3 is 2.28 bits per heavy atom. The highest BCUT2D eigenvalue weighted by atomic mass is 35.5. The van der Waals surface area contributed by atoms with Gasteiger partial charge in [-0.3, -0.25) is 0 Å². The summed E-state index contributed by atoms with van der Waals surface area (Å²) in [6.07, 6.45) is 0. The van der Waals surface area contributed by atoms with Crippen LogP contribution in [-0.4, -0.2) is 9.97 Å². The second kappa shape index (κ2) is 8.65.